The van der Waals surface area contributed by atoms with Gasteiger partial charge >= 0.3 is 5.97 Å². The van der Waals surface area contributed by atoms with Crippen molar-refractivity contribution in [3.05, 3.63) is 65.7 Å². The largest absolute Gasteiger partial charge is 0.489 e. The molecule has 0 aliphatic rings. The maximum absolute atomic E-state index is 11.5. The van der Waals surface area contributed by atoms with Crippen molar-refractivity contribution in [1.82, 2.24) is 0 Å². The van der Waals surface area contributed by atoms with Crippen LogP contribution in [0.25, 0.3) is 0 Å². The molecule has 0 spiro atoms. The van der Waals surface area contributed by atoms with Crippen molar-refractivity contribution in [2.45, 2.75) is 6.61 Å². The Kier molecular flexibility index (Phi) is 4.80. The van der Waals surface area contributed by atoms with Crippen LogP contribution in [0.2, 0.25) is 0 Å². The van der Waals surface area contributed by atoms with Crippen LogP contribution in [0.4, 0.5) is 0 Å². The quantitative estimate of drug-likeness (QED) is 0.616. The van der Waals surface area contributed by atoms with Gasteiger partial charge in [0, 0.05) is 0 Å². The van der Waals surface area contributed by atoms with Crippen LogP contribution in [0.3, 0.4) is 0 Å². The molecule has 0 bridgehead atoms. The Morgan fingerprint density at radius 2 is 1.75 bits per heavy atom. The predicted molar refractivity (Wildman–Crippen MR) is 76.3 cm³/mol. The molecule has 0 aliphatic heterocycles. The molecule has 2 aromatic carbocycles. The number of benzene rings is 2. The van der Waals surface area contributed by atoms with Crippen LogP contribution < -0.4 is 4.74 Å². The first-order chi connectivity index (χ1) is 9.79. The number of ether oxygens (including phenoxy) is 2. The molecular weight excluding hydrogens is 252 g/mol. The molecule has 0 atom stereocenters. The summed E-state index contributed by atoms with van der Waals surface area (Å²) in [5.41, 5.74) is 1.54. The Morgan fingerprint density at radius 1 is 1.05 bits per heavy atom. The van der Waals surface area contributed by atoms with Crippen LogP contribution in [-0.2, 0) is 11.3 Å². The molecular formula is C17H14O3. The number of carbonyl (C=O) groups excluding carboxylic acids is 1. The zero-order chi connectivity index (χ0) is 14.2. The molecule has 3 nitrogen and oxygen atoms in total. The number of terminal acetylenes is 1. The molecule has 0 radical (unpaired) electrons. The van der Waals surface area contributed by atoms with Crippen molar-refractivity contribution >= 4 is 5.97 Å². The summed E-state index contributed by atoms with van der Waals surface area (Å²) < 4.78 is 10.5. The van der Waals surface area contributed by atoms with E-state index in [1.165, 1.54) is 0 Å². The van der Waals surface area contributed by atoms with E-state index in [4.69, 9.17) is 15.9 Å². The minimum atomic E-state index is -0.433. The molecule has 0 unspecified atom stereocenters. The van der Waals surface area contributed by atoms with Crippen LogP contribution in [0.15, 0.2) is 54.6 Å². The predicted octanol–water partition coefficient (Wildman–Crippen LogP) is 3.06. The highest BCUT2D eigenvalue weighted by atomic mass is 16.5. The Balaban J connectivity index is 1.92. The van der Waals surface area contributed by atoms with Gasteiger partial charge in [-0.25, -0.2) is 4.79 Å². The second-order valence-electron chi connectivity index (χ2n) is 4.08. The Bertz CT molecular complexity index is 594. The van der Waals surface area contributed by atoms with E-state index in [9.17, 15) is 4.79 Å². The van der Waals surface area contributed by atoms with Crippen LogP contribution in [0, 0.1) is 12.3 Å². The van der Waals surface area contributed by atoms with Gasteiger partial charge in [0.15, 0.2) is 6.61 Å². The highest BCUT2D eigenvalue weighted by Gasteiger charge is 2.06. The highest BCUT2D eigenvalue weighted by Crippen LogP contribution is 2.14. The Labute approximate surface area is 118 Å². The van der Waals surface area contributed by atoms with E-state index in [-0.39, 0.29) is 6.61 Å². The fraction of sp³-hybridized carbons (Fsp3) is 0.118. The fourth-order valence-electron chi connectivity index (χ4n) is 1.62. The first-order valence-corrected chi connectivity index (χ1v) is 6.17. The SMILES string of the molecule is C#CCOC(=O)c1ccc(OCc2ccccc2)cc1. The third-order valence-corrected chi connectivity index (χ3v) is 2.62. The summed E-state index contributed by atoms with van der Waals surface area (Å²) in [5, 5.41) is 0. The number of rotatable bonds is 5. The Hall–Kier alpha value is -2.73. The van der Waals surface area contributed by atoms with E-state index in [0.717, 1.165) is 5.56 Å². The number of esters is 1. The fourth-order valence-corrected chi connectivity index (χ4v) is 1.62. The van der Waals surface area contributed by atoms with Crippen molar-refractivity contribution in [3.63, 3.8) is 0 Å². The average molecular weight is 266 g/mol. The molecule has 0 aliphatic carbocycles. The summed E-state index contributed by atoms with van der Waals surface area (Å²) in [4.78, 5) is 11.5. The smallest absolute Gasteiger partial charge is 0.339 e. The molecule has 0 saturated heterocycles. The van der Waals surface area contributed by atoms with Gasteiger partial charge < -0.3 is 9.47 Å². The van der Waals surface area contributed by atoms with Gasteiger partial charge in [0.2, 0.25) is 0 Å². The summed E-state index contributed by atoms with van der Waals surface area (Å²) in [7, 11) is 0. The molecule has 0 N–H and O–H groups in total. The molecule has 20 heavy (non-hydrogen) atoms. The average Bonchev–Trinajstić information content (AvgIpc) is 2.52. The Morgan fingerprint density at radius 3 is 2.40 bits per heavy atom. The lowest BCUT2D eigenvalue weighted by molar-refractivity contribution is 0.0556. The van der Waals surface area contributed by atoms with Gasteiger partial charge in [0.1, 0.15) is 12.4 Å². The van der Waals surface area contributed by atoms with Gasteiger partial charge in [0.25, 0.3) is 0 Å². The van der Waals surface area contributed by atoms with Gasteiger partial charge in [-0.3, -0.25) is 0 Å². The normalized spacial score (nSPS) is 9.55. The number of carbonyl (C=O) groups is 1. The van der Waals surface area contributed by atoms with E-state index in [1.54, 1.807) is 24.3 Å². The lowest BCUT2D eigenvalue weighted by Crippen LogP contribution is -2.05. The standard InChI is InChI=1S/C17H14O3/c1-2-12-19-17(18)15-8-10-16(11-9-15)20-13-14-6-4-3-5-7-14/h1,3-11H,12-13H2. The summed E-state index contributed by atoms with van der Waals surface area (Å²) in [6.07, 6.45) is 5.03. The van der Waals surface area contributed by atoms with Gasteiger partial charge in [-0.1, -0.05) is 36.3 Å². The van der Waals surface area contributed by atoms with Crippen molar-refractivity contribution in [2.75, 3.05) is 6.61 Å². The molecule has 0 fully saturated rings. The molecule has 100 valence electrons. The summed E-state index contributed by atoms with van der Waals surface area (Å²) in [6, 6.07) is 16.6. The number of hydrogen-bond donors (Lipinski definition) is 0. The van der Waals surface area contributed by atoms with Crippen LogP contribution in [-0.4, -0.2) is 12.6 Å². The number of hydrogen-bond acceptors (Lipinski definition) is 3. The molecule has 3 heteroatoms. The second-order valence-corrected chi connectivity index (χ2v) is 4.08. The maximum atomic E-state index is 11.5. The van der Waals surface area contributed by atoms with Crippen molar-refractivity contribution in [1.29, 1.82) is 0 Å². The van der Waals surface area contributed by atoms with Gasteiger partial charge in [0.05, 0.1) is 5.56 Å². The van der Waals surface area contributed by atoms with E-state index in [1.807, 2.05) is 30.3 Å². The maximum Gasteiger partial charge on any atom is 0.339 e. The minimum Gasteiger partial charge on any atom is -0.489 e. The van der Waals surface area contributed by atoms with Crippen molar-refractivity contribution in [2.24, 2.45) is 0 Å². The zero-order valence-electron chi connectivity index (χ0n) is 10.9. The third kappa shape index (κ3) is 3.89. The summed E-state index contributed by atoms with van der Waals surface area (Å²) in [6.45, 7) is 0.465. The third-order valence-electron chi connectivity index (χ3n) is 2.62. The van der Waals surface area contributed by atoms with E-state index < -0.39 is 5.97 Å². The molecule has 0 saturated carbocycles. The molecule has 0 aromatic heterocycles. The molecule has 2 aromatic rings. The first-order valence-electron chi connectivity index (χ1n) is 6.17. The van der Waals surface area contributed by atoms with Crippen molar-refractivity contribution in [3.8, 4) is 18.1 Å². The topological polar surface area (TPSA) is 35.5 Å². The molecule has 2 rings (SSSR count). The lowest BCUT2D eigenvalue weighted by atomic mass is 10.2. The minimum absolute atomic E-state index is 0.0227. The molecule has 0 heterocycles. The second kappa shape index (κ2) is 7.01. The van der Waals surface area contributed by atoms with Crippen LogP contribution >= 0.6 is 0 Å². The molecule has 0 amide bonds. The summed E-state index contributed by atoms with van der Waals surface area (Å²) in [5.74, 6) is 2.51. The van der Waals surface area contributed by atoms with Crippen LogP contribution in [0.5, 0.6) is 5.75 Å². The highest BCUT2D eigenvalue weighted by molar-refractivity contribution is 5.89. The van der Waals surface area contributed by atoms with Gasteiger partial charge in [-0.05, 0) is 29.8 Å². The van der Waals surface area contributed by atoms with Gasteiger partial charge in [-0.15, -0.1) is 6.42 Å². The van der Waals surface area contributed by atoms with E-state index in [0.29, 0.717) is 17.9 Å². The summed E-state index contributed by atoms with van der Waals surface area (Å²) >= 11 is 0. The van der Waals surface area contributed by atoms with Crippen molar-refractivity contribution < 1.29 is 14.3 Å². The first kappa shape index (κ1) is 13.7. The monoisotopic (exact) mass is 266 g/mol. The van der Waals surface area contributed by atoms with E-state index >= 15 is 0 Å². The van der Waals surface area contributed by atoms with E-state index in [2.05, 4.69) is 5.92 Å². The zero-order valence-corrected chi connectivity index (χ0v) is 10.9. The lowest BCUT2D eigenvalue weighted by Gasteiger charge is -2.07. The van der Waals surface area contributed by atoms with Crippen LogP contribution in [0.1, 0.15) is 15.9 Å². The van der Waals surface area contributed by atoms with Gasteiger partial charge in [-0.2, -0.15) is 0 Å².